The molecule has 4 rings (SSSR count). The van der Waals surface area contributed by atoms with Crippen molar-refractivity contribution in [1.29, 1.82) is 0 Å². The van der Waals surface area contributed by atoms with Crippen LogP contribution in [0.15, 0.2) is 30.3 Å². The zero-order chi connectivity index (χ0) is 13.5. The molecule has 4 nitrogen and oxygen atoms in total. The summed E-state index contributed by atoms with van der Waals surface area (Å²) in [5.74, 6) is 1.67. The average Bonchev–Trinajstić information content (AvgIpc) is 2.90. The van der Waals surface area contributed by atoms with E-state index < -0.39 is 0 Å². The van der Waals surface area contributed by atoms with Crippen molar-refractivity contribution in [1.82, 2.24) is 10.3 Å². The standard InChI is InChI=1S/C16H16N2O2/c1-19-16-8-11(20-12-4-5-17-9-12)2-3-13(16)15-7-10-6-14(10)18-15/h2-3,6-8,12,17H,4-5,9H2,1H3. The van der Waals surface area contributed by atoms with Gasteiger partial charge in [0.15, 0.2) is 0 Å². The van der Waals surface area contributed by atoms with Gasteiger partial charge in [-0.3, -0.25) is 0 Å². The lowest BCUT2D eigenvalue weighted by atomic mass is 10.1. The van der Waals surface area contributed by atoms with Crippen LogP contribution >= 0.6 is 0 Å². The smallest absolute Gasteiger partial charge is 0.131 e. The van der Waals surface area contributed by atoms with Crippen molar-refractivity contribution in [3.05, 3.63) is 30.3 Å². The van der Waals surface area contributed by atoms with Crippen LogP contribution in [0.3, 0.4) is 0 Å². The van der Waals surface area contributed by atoms with Crippen LogP contribution in [0.5, 0.6) is 11.5 Å². The van der Waals surface area contributed by atoms with Gasteiger partial charge in [-0.2, -0.15) is 0 Å². The molecule has 1 fully saturated rings. The number of fused-ring (bicyclic) bond motifs is 1. The van der Waals surface area contributed by atoms with E-state index in [1.807, 2.05) is 18.2 Å². The van der Waals surface area contributed by atoms with Gasteiger partial charge in [-0.1, -0.05) is 0 Å². The highest BCUT2D eigenvalue weighted by atomic mass is 16.5. The molecule has 1 saturated heterocycles. The van der Waals surface area contributed by atoms with Gasteiger partial charge in [0.2, 0.25) is 0 Å². The predicted octanol–water partition coefficient (Wildman–Crippen LogP) is 2.48. The van der Waals surface area contributed by atoms with E-state index in [0.717, 1.165) is 48.0 Å². The monoisotopic (exact) mass is 268 g/mol. The van der Waals surface area contributed by atoms with Crippen LogP contribution in [0.4, 0.5) is 0 Å². The predicted molar refractivity (Wildman–Crippen MR) is 77.1 cm³/mol. The highest BCUT2D eigenvalue weighted by Crippen LogP contribution is 2.40. The number of nitrogens with one attached hydrogen (secondary N) is 1. The Bertz CT molecular complexity index is 643. The molecule has 3 aliphatic rings. The minimum Gasteiger partial charge on any atom is -0.496 e. The van der Waals surface area contributed by atoms with E-state index >= 15 is 0 Å². The Balaban J connectivity index is 1.61. The average molecular weight is 268 g/mol. The number of pyridine rings is 1. The largest absolute Gasteiger partial charge is 0.496 e. The molecule has 1 aromatic rings. The Morgan fingerprint density at radius 2 is 2.10 bits per heavy atom. The van der Waals surface area contributed by atoms with Gasteiger partial charge >= 0.3 is 0 Å². The van der Waals surface area contributed by atoms with E-state index in [2.05, 4.69) is 22.4 Å². The Hall–Kier alpha value is -2.07. The Kier molecular flexibility index (Phi) is 2.63. The second-order valence-corrected chi connectivity index (χ2v) is 5.22. The summed E-state index contributed by atoms with van der Waals surface area (Å²) >= 11 is 0. The minimum atomic E-state index is 0.259. The first-order valence-electron chi connectivity index (χ1n) is 6.92. The maximum atomic E-state index is 5.96. The molecule has 1 atom stereocenters. The Morgan fingerprint density at radius 1 is 1.20 bits per heavy atom. The molecule has 1 aliphatic carbocycles. The molecule has 0 radical (unpaired) electrons. The van der Waals surface area contributed by atoms with Crippen molar-refractivity contribution < 1.29 is 9.47 Å². The quantitative estimate of drug-likeness (QED) is 0.789. The number of ether oxygens (including phenoxy) is 2. The third-order valence-electron chi connectivity index (χ3n) is 3.80. The first-order valence-corrected chi connectivity index (χ1v) is 6.92. The number of benzene rings is 1. The lowest BCUT2D eigenvalue weighted by Crippen LogP contribution is -2.19. The van der Waals surface area contributed by atoms with Crippen LogP contribution in [0, 0.1) is 0 Å². The molecular formula is C16H16N2O2. The van der Waals surface area contributed by atoms with Gasteiger partial charge in [-0.15, -0.1) is 0 Å². The normalized spacial score (nSPS) is 18.9. The summed E-state index contributed by atoms with van der Waals surface area (Å²) in [7, 11) is 1.68. The number of hydrogen-bond donors (Lipinski definition) is 1. The molecule has 0 saturated carbocycles. The summed E-state index contributed by atoms with van der Waals surface area (Å²) in [6, 6.07) is 10.1. The molecule has 4 heteroatoms. The molecule has 1 aromatic carbocycles. The van der Waals surface area contributed by atoms with Crippen molar-refractivity contribution in [2.45, 2.75) is 12.5 Å². The van der Waals surface area contributed by atoms with E-state index in [9.17, 15) is 0 Å². The molecule has 1 unspecified atom stereocenters. The van der Waals surface area contributed by atoms with Gasteiger partial charge in [0.25, 0.3) is 0 Å². The summed E-state index contributed by atoms with van der Waals surface area (Å²) < 4.78 is 11.4. The first-order chi connectivity index (χ1) is 9.83. The molecule has 0 amide bonds. The third kappa shape index (κ3) is 2.02. The van der Waals surface area contributed by atoms with E-state index in [4.69, 9.17) is 9.47 Å². The van der Waals surface area contributed by atoms with Crippen molar-refractivity contribution in [3.8, 4) is 34.0 Å². The first kappa shape index (κ1) is 11.7. The lowest BCUT2D eigenvalue weighted by Gasteiger charge is -2.14. The molecule has 2 aliphatic heterocycles. The second-order valence-electron chi connectivity index (χ2n) is 5.22. The molecular weight excluding hydrogens is 252 g/mol. The highest BCUT2D eigenvalue weighted by Gasteiger charge is 2.20. The SMILES string of the molecule is COc1cc(OC2CCNC2)ccc1-c1cc2cc-2n1. The summed E-state index contributed by atoms with van der Waals surface area (Å²) in [6.07, 6.45) is 1.31. The maximum absolute atomic E-state index is 5.96. The van der Waals surface area contributed by atoms with Gasteiger partial charge in [0.1, 0.15) is 17.6 Å². The van der Waals surface area contributed by atoms with Crippen LogP contribution in [-0.2, 0) is 0 Å². The van der Waals surface area contributed by atoms with Gasteiger partial charge in [-0.25, -0.2) is 4.98 Å². The third-order valence-corrected chi connectivity index (χ3v) is 3.80. The van der Waals surface area contributed by atoms with E-state index in [1.54, 1.807) is 7.11 Å². The second kappa shape index (κ2) is 4.49. The fraction of sp³-hybridized carbons (Fsp3) is 0.312. The van der Waals surface area contributed by atoms with Crippen molar-refractivity contribution in [2.75, 3.05) is 20.2 Å². The van der Waals surface area contributed by atoms with Crippen LogP contribution in [-0.4, -0.2) is 31.3 Å². The fourth-order valence-electron chi connectivity index (χ4n) is 2.65. The number of rotatable bonds is 4. The molecule has 0 spiro atoms. The molecule has 2 heterocycles. The van der Waals surface area contributed by atoms with Gasteiger partial charge in [0.05, 0.1) is 18.5 Å². The topological polar surface area (TPSA) is 43.4 Å². The van der Waals surface area contributed by atoms with E-state index in [1.165, 1.54) is 5.56 Å². The minimum absolute atomic E-state index is 0.259. The van der Waals surface area contributed by atoms with Crippen LogP contribution in [0.1, 0.15) is 6.42 Å². The summed E-state index contributed by atoms with van der Waals surface area (Å²) in [4.78, 5) is 4.53. The van der Waals surface area contributed by atoms with Crippen LogP contribution in [0.2, 0.25) is 0 Å². The number of nitrogens with zero attached hydrogens (tertiary/aromatic N) is 1. The molecule has 0 aromatic heterocycles. The number of methoxy groups -OCH3 is 1. The number of aromatic nitrogens is 1. The lowest BCUT2D eigenvalue weighted by molar-refractivity contribution is 0.222. The highest BCUT2D eigenvalue weighted by molar-refractivity contribution is 5.84. The van der Waals surface area contributed by atoms with Gasteiger partial charge in [-0.05, 0) is 37.2 Å². The molecule has 0 bridgehead atoms. The Morgan fingerprint density at radius 3 is 2.80 bits per heavy atom. The van der Waals surface area contributed by atoms with Gasteiger partial charge in [0, 0.05) is 23.7 Å². The number of hydrogen-bond acceptors (Lipinski definition) is 4. The van der Waals surface area contributed by atoms with Crippen LogP contribution < -0.4 is 14.8 Å². The van der Waals surface area contributed by atoms with E-state index in [0.29, 0.717) is 0 Å². The molecule has 102 valence electrons. The summed E-state index contributed by atoms with van der Waals surface area (Å²) in [5, 5.41) is 3.30. The molecule has 1 N–H and O–H groups in total. The van der Waals surface area contributed by atoms with Crippen molar-refractivity contribution in [2.24, 2.45) is 0 Å². The summed E-state index contributed by atoms with van der Waals surface area (Å²) in [6.45, 7) is 1.94. The zero-order valence-corrected chi connectivity index (χ0v) is 11.3. The van der Waals surface area contributed by atoms with E-state index in [-0.39, 0.29) is 6.10 Å². The van der Waals surface area contributed by atoms with Crippen molar-refractivity contribution >= 4 is 0 Å². The zero-order valence-electron chi connectivity index (χ0n) is 11.3. The Labute approximate surface area is 117 Å². The molecule has 20 heavy (non-hydrogen) atoms. The van der Waals surface area contributed by atoms with Gasteiger partial charge < -0.3 is 14.8 Å². The van der Waals surface area contributed by atoms with Crippen molar-refractivity contribution in [3.63, 3.8) is 0 Å². The van der Waals surface area contributed by atoms with Crippen LogP contribution in [0.25, 0.3) is 22.5 Å². The maximum Gasteiger partial charge on any atom is 0.131 e. The fourth-order valence-corrected chi connectivity index (χ4v) is 2.65. The summed E-state index contributed by atoms with van der Waals surface area (Å²) in [5.41, 5.74) is 4.33.